The second-order valence-corrected chi connectivity index (χ2v) is 6.86. The minimum absolute atomic E-state index is 0.175. The molecule has 0 aromatic rings. The fraction of sp³-hybridized carbons (Fsp3) is 0.800. The van der Waals surface area contributed by atoms with Crippen LogP contribution in [-0.4, -0.2) is 37.7 Å². The van der Waals surface area contributed by atoms with Gasteiger partial charge in [-0.05, 0) is 11.8 Å². The number of carbonyl (C=O) groups excluding carboxylic acids is 1. The number of nitrogens with one attached hydrogen (secondary N) is 1. The molecule has 0 heterocycles. The van der Waals surface area contributed by atoms with Crippen molar-refractivity contribution >= 4 is 21.9 Å². The summed E-state index contributed by atoms with van der Waals surface area (Å²) in [6.45, 7) is 3.62. The average molecular weight is 278 g/mol. The number of hydrogen-bond donors (Lipinski definition) is 3. The van der Waals surface area contributed by atoms with Crippen molar-refractivity contribution in [2.45, 2.75) is 20.3 Å². The molecule has 0 aromatic heterocycles. The minimum atomic E-state index is -3.52. The van der Waals surface area contributed by atoms with Crippen LogP contribution in [0.1, 0.15) is 20.3 Å². The third-order valence-electron chi connectivity index (χ3n) is 3.28. The summed E-state index contributed by atoms with van der Waals surface area (Å²) in [6.07, 6.45) is 0.218. The third kappa shape index (κ3) is 3.42. The Balaban J connectivity index is 2.38. The van der Waals surface area contributed by atoms with Crippen LogP contribution < -0.4 is 10.5 Å². The van der Waals surface area contributed by atoms with E-state index in [2.05, 4.69) is 5.32 Å². The number of aliphatic carboxylic acids is 1. The number of primary sulfonamides is 1. The van der Waals surface area contributed by atoms with Crippen LogP contribution in [0.3, 0.4) is 0 Å². The normalized spacial score (nSPS) is 25.5. The fourth-order valence-electron chi connectivity index (χ4n) is 2.18. The Morgan fingerprint density at radius 3 is 2.28 bits per heavy atom. The van der Waals surface area contributed by atoms with Crippen LogP contribution in [0.25, 0.3) is 0 Å². The molecular formula is C10H18N2O5S. The number of carboxylic acids is 1. The molecule has 8 heteroatoms. The Hall–Kier alpha value is -1.15. The Morgan fingerprint density at radius 1 is 1.33 bits per heavy atom. The number of nitrogens with two attached hydrogens (primary N) is 1. The molecule has 2 unspecified atom stereocenters. The lowest BCUT2D eigenvalue weighted by atomic mass is 10.1. The molecule has 1 aliphatic rings. The van der Waals surface area contributed by atoms with Crippen LogP contribution >= 0.6 is 0 Å². The summed E-state index contributed by atoms with van der Waals surface area (Å²) in [7, 11) is -3.52. The highest BCUT2D eigenvalue weighted by Gasteiger charge is 2.65. The monoisotopic (exact) mass is 278 g/mol. The number of sulfonamides is 1. The van der Waals surface area contributed by atoms with Gasteiger partial charge in [0.05, 0.1) is 17.6 Å². The number of carbonyl (C=O) groups is 2. The van der Waals surface area contributed by atoms with Gasteiger partial charge in [-0.25, -0.2) is 13.6 Å². The summed E-state index contributed by atoms with van der Waals surface area (Å²) in [5.74, 6) is -2.75. The first-order chi connectivity index (χ1) is 8.07. The largest absolute Gasteiger partial charge is 0.481 e. The molecule has 7 nitrogen and oxygen atoms in total. The molecule has 18 heavy (non-hydrogen) atoms. The highest BCUT2D eigenvalue weighted by molar-refractivity contribution is 7.89. The SMILES string of the molecule is CC1(C)C(C(=O)O)C1C(=O)NCCCS(N)(=O)=O. The van der Waals surface area contributed by atoms with Crippen LogP contribution in [0, 0.1) is 17.3 Å². The maximum atomic E-state index is 11.7. The molecule has 1 amide bonds. The smallest absolute Gasteiger partial charge is 0.307 e. The molecule has 1 aliphatic carbocycles. The first-order valence-electron chi connectivity index (χ1n) is 5.58. The van der Waals surface area contributed by atoms with E-state index in [-0.39, 0.29) is 24.6 Å². The zero-order chi connectivity index (χ0) is 14.1. The lowest BCUT2D eigenvalue weighted by Gasteiger charge is -2.05. The van der Waals surface area contributed by atoms with E-state index in [0.717, 1.165) is 0 Å². The van der Waals surface area contributed by atoms with Crippen molar-refractivity contribution in [3.8, 4) is 0 Å². The van der Waals surface area contributed by atoms with Crippen LogP contribution in [-0.2, 0) is 19.6 Å². The average Bonchev–Trinajstić information content (AvgIpc) is 2.75. The van der Waals surface area contributed by atoms with Gasteiger partial charge in [0.25, 0.3) is 0 Å². The number of carboxylic acid groups (broad SMARTS) is 1. The lowest BCUT2D eigenvalue weighted by Crippen LogP contribution is -2.30. The molecule has 1 saturated carbocycles. The van der Waals surface area contributed by atoms with E-state index in [9.17, 15) is 18.0 Å². The van der Waals surface area contributed by atoms with Crippen LogP contribution in [0.15, 0.2) is 0 Å². The van der Waals surface area contributed by atoms with Gasteiger partial charge < -0.3 is 10.4 Å². The Bertz CT molecular complexity index is 457. The van der Waals surface area contributed by atoms with Crippen molar-refractivity contribution < 1.29 is 23.1 Å². The summed E-state index contributed by atoms with van der Waals surface area (Å²) in [6, 6.07) is 0. The maximum absolute atomic E-state index is 11.7. The van der Waals surface area contributed by atoms with Crippen molar-refractivity contribution in [1.29, 1.82) is 0 Å². The quantitative estimate of drug-likeness (QED) is 0.545. The van der Waals surface area contributed by atoms with Gasteiger partial charge in [0.15, 0.2) is 0 Å². The van der Waals surface area contributed by atoms with Crippen molar-refractivity contribution in [3.05, 3.63) is 0 Å². The summed E-state index contributed by atoms with van der Waals surface area (Å²) in [5, 5.41) is 16.3. The first-order valence-corrected chi connectivity index (χ1v) is 7.30. The van der Waals surface area contributed by atoms with Gasteiger partial charge in [0.2, 0.25) is 15.9 Å². The summed E-state index contributed by atoms with van der Waals surface area (Å²) >= 11 is 0. The third-order valence-corrected chi connectivity index (χ3v) is 4.14. The standard InChI is InChI=1S/C10H18N2O5S/c1-10(2)6(7(10)9(14)15)8(13)12-4-3-5-18(11,16)17/h6-7H,3-5H2,1-2H3,(H,12,13)(H,14,15)(H2,11,16,17). The first kappa shape index (κ1) is 14.9. The van der Waals surface area contributed by atoms with E-state index in [1.165, 1.54) is 0 Å². The van der Waals surface area contributed by atoms with E-state index in [1.807, 2.05) is 0 Å². The summed E-state index contributed by atoms with van der Waals surface area (Å²) in [5.41, 5.74) is -0.546. The number of hydrogen-bond acceptors (Lipinski definition) is 4. The van der Waals surface area contributed by atoms with Crippen LogP contribution in [0.2, 0.25) is 0 Å². The predicted molar refractivity (Wildman–Crippen MR) is 64.0 cm³/mol. The maximum Gasteiger partial charge on any atom is 0.307 e. The van der Waals surface area contributed by atoms with E-state index in [4.69, 9.17) is 10.2 Å². The van der Waals surface area contributed by atoms with Gasteiger partial charge in [-0.3, -0.25) is 9.59 Å². The molecule has 2 atom stereocenters. The van der Waals surface area contributed by atoms with Crippen molar-refractivity contribution in [2.24, 2.45) is 22.4 Å². The molecule has 0 spiro atoms. The van der Waals surface area contributed by atoms with Crippen molar-refractivity contribution in [3.63, 3.8) is 0 Å². The van der Waals surface area contributed by atoms with E-state index in [1.54, 1.807) is 13.8 Å². The predicted octanol–water partition coefficient (Wildman–Crippen LogP) is -0.862. The van der Waals surface area contributed by atoms with E-state index < -0.39 is 33.2 Å². The lowest BCUT2D eigenvalue weighted by molar-refractivity contribution is -0.140. The summed E-state index contributed by atoms with van der Waals surface area (Å²) in [4.78, 5) is 22.6. The van der Waals surface area contributed by atoms with Gasteiger partial charge in [-0.2, -0.15) is 0 Å². The molecule has 1 rings (SSSR count). The Kier molecular flexibility index (Phi) is 4.02. The van der Waals surface area contributed by atoms with Crippen molar-refractivity contribution in [2.75, 3.05) is 12.3 Å². The molecule has 0 aliphatic heterocycles. The van der Waals surface area contributed by atoms with E-state index >= 15 is 0 Å². The highest BCUT2D eigenvalue weighted by Crippen LogP contribution is 2.58. The molecule has 1 fully saturated rings. The van der Waals surface area contributed by atoms with Crippen molar-refractivity contribution in [1.82, 2.24) is 5.32 Å². The van der Waals surface area contributed by atoms with Crippen LogP contribution in [0.5, 0.6) is 0 Å². The van der Waals surface area contributed by atoms with Gasteiger partial charge in [-0.15, -0.1) is 0 Å². The fourth-order valence-corrected chi connectivity index (χ4v) is 2.73. The molecule has 0 radical (unpaired) electrons. The number of amides is 1. The number of rotatable bonds is 6. The van der Waals surface area contributed by atoms with Gasteiger partial charge in [0, 0.05) is 6.54 Å². The Morgan fingerprint density at radius 2 is 1.89 bits per heavy atom. The van der Waals surface area contributed by atoms with E-state index in [0.29, 0.717) is 0 Å². The topological polar surface area (TPSA) is 127 Å². The zero-order valence-electron chi connectivity index (χ0n) is 10.3. The van der Waals surface area contributed by atoms with Crippen LogP contribution in [0.4, 0.5) is 0 Å². The molecule has 0 bridgehead atoms. The zero-order valence-corrected chi connectivity index (χ0v) is 11.2. The molecule has 0 saturated heterocycles. The molecule has 0 aromatic carbocycles. The molecule has 104 valence electrons. The van der Waals surface area contributed by atoms with Gasteiger partial charge >= 0.3 is 5.97 Å². The highest BCUT2D eigenvalue weighted by atomic mass is 32.2. The molecular weight excluding hydrogens is 260 g/mol. The summed E-state index contributed by atoms with van der Waals surface area (Å²) < 4.78 is 21.3. The minimum Gasteiger partial charge on any atom is -0.481 e. The van der Waals surface area contributed by atoms with Gasteiger partial charge in [0.1, 0.15) is 0 Å². The second kappa shape index (κ2) is 4.85. The Labute approximate surface area is 106 Å². The second-order valence-electron chi connectivity index (χ2n) is 5.13. The van der Waals surface area contributed by atoms with Gasteiger partial charge in [-0.1, -0.05) is 13.8 Å². The molecule has 4 N–H and O–H groups in total.